The summed E-state index contributed by atoms with van der Waals surface area (Å²) < 4.78 is 4.94. The molecule has 0 bridgehead atoms. The van der Waals surface area contributed by atoms with E-state index in [0.29, 0.717) is 18.4 Å². The van der Waals surface area contributed by atoms with Crippen molar-refractivity contribution in [1.82, 2.24) is 30.1 Å². The van der Waals surface area contributed by atoms with Crippen LogP contribution in [-0.2, 0) is 6.54 Å². The van der Waals surface area contributed by atoms with Gasteiger partial charge in [0.15, 0.2) is 0 Å². The Hall–Kier alpha value is -2.77. The van der Waals surface area contributed by atoms with Crippen LogP contribution >= 0.6 is 0 Å². The van der Waals surface area contributed by atoms with E-state index in [2.05, 4.69) is 35.5 Å². The van der Waals surface area contributed by atoms with E-state index in [1.165, 1.54) is 0 Å². The quantitative estimate of drug-likeness (QED) is 0.711. The third-order valence-corrected chi connectivity index (χ3v) is 2.51. The normalized spacial score (nSPS) is 10.6. The molecule has 96 valence electrons. The highest BCUT2D eigenvalue weighted by Crippen LogP contribution is 2.09. The Kier molecular flexibility index (Phi) is 2.89. The van der Waals surface area contributed by atoms with Gasteiger partial charge < -0.3 is 10.1 Å². The van der Waals surface area contributed by atoms with E-state index in [0.717, 1.165) is 16.7 Å². The van der Waals surface area contributed by atoms with Crippen molar-refractivity contribution in [3.05, 3.63) is 30.5 Å². The Morgan fingerprint density at radius 2 is 2.11 bits per heavy atom. The predicted molar refractivity (Wildman–Crippen MR) is 67.6 cm³/mol. The van der Waals surface area contributed by atoms with E-state index >= 15 is 0 Å². The minimum absolute atomic E-state index is 0.486. The summed E-state index contributed by atoms with van der Waals surface area (Å²) in [7, 11) is 1.55. The average molecular weight is 257 g/mol. The molecule has 8 heteroatoms. The second-order valence-corrected chi connectivity index (χ2v) is 3.77. The highest BCUT2D eigenvalue weighted by Gasteiger charge is 2.02. The van der Waals surface area contributed by atoms with Crippen molar-refractivity contribution in [3.63, 3.8) is 0 Å². The van der Waals surface area contributed by atoms with Crippen LogP contribution in [0.1, 0.15) is 5.69 Å². The Morgan fingerprint density at radius 3 is 2.89 bits per heavy atom. The summed E-state index contributed by atoms with van der Waals surface area (Å²) in [6, 6.07) is 0. The van der Waals surface area contributed by atoms with Gasteiger partial charge in [0.2, 0.25) is 11.8 Å². The molecule has 3 rings (SSSR count). The SMILES string of the molecule is COc1cnc(CNc2ncc3[nH]ncc3n2)cn1. The molecule has 0 saturated heterocycles. The molecule has 0 radical (unpaired) electrons. The highest BCUT2D eigenvalue weighted by molar-refractivity contribution is 5.73. The fraction of sp³-hybridized carbons (Fsp3) is 0.182. The van der Waals surface area contributed by atoms with Crippen molar-refractivity contribution < 1.29 is 4.74 Å². The van der Waals surface area contributed by atoms with Crippen LogP contribution < -0.4 is 10.1 Å². The summed E-state index contributed by atoms with van der Waals surface area (Å²) in [4.78, 5) is 16.7. The molecule has 3 aromatic heterocycles. The topological polar surface area (TPSA) is 102 Å². The lowest BCUT2D eigenvalue weighted by atomic mass is 10.4. The number of anilines is 1. The van der Waals surface area contributed by atoms with Crippen molar-refractivity contribution in [1.29, 1.82) is 0 Å². The number of methoxy groups -OCH3 is 1. The molecule has 3 aromatic rings. The van der Waals surface area contributed by atoms with Crippen molar-refractivity contribution >= 4 is 17.0 Å². The van der Waals surface area contributed by atoms with Crippen molar-refractivity contribution in [2.75, 3.05) is 12.4 Å². The lowest BCUT2D eigenvalue weighted by molar-refractivity contribution is 0.395. The second-order valence-electron chi connectivity index (χ2n) is 3.77. The number of aromatic nitrogens is 6. The summed E-state index contributed by atoms with van der Waals surface area (Å²) in [6.45, 7) is 0.486. The summed E-state index contributed by atoms with van der Waals surface area (Å²) in [5.41, 5.74) is 2.34. The minimum atomic E-state index is 0.486. The molecule has 0 aromatic carbocycles. The molecule has 3 heterocycles. The van der Waals surface area contributed by atoms with Gasteiger partial charge in [0, 0.05) is 0 Å². The molecule has 19 heavy (non-hydrogen) atoms. The summed E-state index contributed by atoms with van der Waals surface area (Å²) in [6.07, 6.45) is 6.53. The van der Waals surface area contributed by atoms with E-state index < -0.39 is 0 Å². The fourth-order valence-corrected chi connectivity index (χ4v) is 1.54. The van der Waals surface area contributed by atoms with Crippen LogP contribution in [0.3, 0.4) is 0 Å². The first-order valence-electron chi connectivity index (χ1n) is 5.60. The van der Waals surface area contributed by atoms with Crippen molar-refractivity contribution in [3.8, 4) is 5.88 Å². The van der Waals surface area contributed by atoms with Gasteiger partial charge in [-0.3, -0.25) is 10.1 Å². The molecular weight excluding hydrogens is 246 g/mol. The van der Waals surface area contributed by atoms with Crippen molar-refractivity contribution in [2.24, 2.45) is 0 Å². The molecule has 0 atom stereocenters. The molecule has 0 unspecified atom stereocenters. The Morgan fingerprint density at radius 1 is 1.16 bits per heavy atom. The number of aromatic amines is 1. The highest BCUT2D eigenvalue weighted by atomic mass is 16.5. The zero-order valence-corrected chi connectivity index (χ0v) is 10.2. The Balaban J connectivity index is 1.70. The van der Waals surface area contributed by atoms with E-state index in [1.807, 2.05) is 0 Å². The third-order valence-electron chi connectivity index (χ3n) is 2.51. The molecule has 0 spiro atoms. The maximum atomic E-state index is 4.94. The van der Waals surface area contributed by atoms with Gasteiger partial charge in [-0.2, -0.15) is 5.10 Å². The van der Waals surface area contributed by atoms with Crippen LogP contribution in [0.15, 0.2) is 24.8 Å². The van der Waals surface area contributed by atoms with Crippen LogP contribution in [-0.4, -0.2) is 37.2 Å². The maximum absolute atomic E-state index is 4.94. The largest absolute Gasteiger partial charge is 0.480 e. The van der Waals surface area contributed by atoms with Gasteiger partial charge in [-0.1, -0.05) is 0 Å². The summed E-state index contributed by atoms with van der Waals surface area (Å²) in [5, 5.41) is 9.76. The third kappa shape index (κ3) is 2.41. The van der Waals surface area contributed by atoms with E-state index in [9.17, 15) is 0 Å². The number of nitrogens with one attached hydrogen (secondary N) is 2. The molecule has 0 saturated carbocycles. The fourth-order valence-electron chi connectivity index (χ4n) is 1.54. The number of H-pyrrole nitrogens is 1. The van der Waals surface area contributed by atoms with Crippen LogP contribution in [0.2, 0.25) is 0 Å². The van der Waals surface area contributed by atoms with Crippen LogP contribution in [0.5, 0.6) is 5.88 Å². The number of hydrogen-bond acceptors (Lipinski definition) is 7. The standard InChI is InChI=1S/C11H11N7O/c1-19-10-6-12-7(2-13-10)3-14-11-15-4-9-8(17-11)5-16-18-9/h2,4-6H,3H2,1H3,(H,16,18)(H,14,15,17). The molecular formula is C11H11N7O. The number of rotatable bonds is 4. The first-order chi connectivity index (χ1) is 9.35. The molecule has 2 N–H and O–H groups in total. The average Bonchev–Trinajstić information content (AvgIpc) is 2.93. The maximum Gasteiger partial charge on any atom is 0.231 e. The lowest BCUT2D eigenvalue weighted by Crippen LogP contribution is -2.05. The van der Waals surface area contributed by atoms with Gasteiger partial charge in [0.25, 0.3) is 0 Å². The molecule has 8 nitrogen and oxygen atoms in total. The van der Waals surface area contributed by atoms with Gasteiger partial charge in [-0.15, -0.1) is 0 Å². The number of fused-ring (bicyclic) bond motifs is 1. The molecule has 0 amide bonds. The first kappa shape index (κ1) is 11.3. The molecule has 0 fully saturated rings. The Bertz CT molecular complexity index is 679. The predicted octanol–water partition coefficient (Wildman–Crippen LogP) is 0.764. The van der Waals surface area contributed by atoms with E-state index in [4.69, 9.17) is 4.74 Å². The zero-order chi connectivity index (χ0) is 13.1. The van der Waals surface area contributed by atoms with Gasteiger partial charge in [0.05, 0.1) is 44.1 Å². The van der Waals surface area contributed by atoms with Crippen LogP contribution in [0.25, 0.3) is 11.0 Å². The van der Waals surface area contributed by atoms with E-state index in [1.54, 1.807) is 31.9 Å². The monoisotopic (exact) mass is 257 g/mol. The Labute approximate surface area is 108 Å². The van der Waals surface area contributed by atoms with Crippen molar-refractivity contribution in [2.45, 2.75) is 6.54 Å². The summed E-state index contributed by atoms with van der Waals surface area (Å²) >= 11 is 0. The molecule has 0 aliphatic heterocycles. The van der Waals surface area contributed by atoms with Gasteiger partial charge in [-0.25, -0.2) is 15.0 Å². The van der Waals surface area contributed by atoms with Gasteiger partial charge in [0.1, 0.15) is 11.0 Å². The zero-order valence-electron chi connectivity index (χ0n) is 10.2. The van der Waals surface area contributed by atoms with Gasteiger partial charge in [-0.05, 0) is 0 Å². The summed E-state index contributed by atoms with van der Waals surface area (Å²) in [5.74, 6) is 1.01. The molecule has 0 aliphatic carbocycles. The number of ether oxygens (including phenoxy) is 1. The van der Waals surface area contributed by atoms with Gasteiger partial charge >= 0.3 is 0 Å². The second kappa shape index (κ2) is 4.84. The number of nitrogens with zero attached hydrogens (tertiary/aromatic N) is 5. The first-order valence-corrected chi connectivity index (χ1v) is 5.60. The smallest absolute Gasteiger partial charge is 0.231 e. The number of hydrogen-bond donors (Lipinski definition) is 2. The van der Waals surface area contributed by atoms with Crippen LogP contribution in [0, 0.1) is 0 Å². The van der Waals surface area contributed by atoms with Crippen LogP contribution in [0.4, 0.5) is 5.95 Å². The minimum Gasteiger partial charge on any atom is -0.480 e. The van der Waals surface area contributed by atoms with E-state index in [-0.39, 0.29) is 0 Å². The molecule has 0 aliphatic rings. The lowest BCUT2D eigenvalue weighted by Gasteiger charge is -2.04.